The van der Waals surface area contributed by atoms with E-state index in [4.69, 9.17) is 5.11 Å². The standard InChI is InChI=1S/C14H14F3NO3/c1-2-3-4-5-11(14(20)21)18-13(19)12-9(16)6-8(15)7-10(12)17/h2,6-7,11H,1,3-5H2,(H,18,19)(H,20,21)/t11-/m1/s1. The quantitative estimate of drug-likeness (QED) is 0.601. The van der Waals surface area contributed by atoms with E-state index in [1.54, 1.807) is 6.08 Å². The zero-order valence-electron chi connectivity index (χ0n) is 11.0. The number of amides is 1. The molecule has 1 aromatic rings. The molecule has 1 aromatic carbocycles. The predicted octanol–water partition coefficient (Wildman–Crippen LogP) is 2.64. The molecule has 0 unspecified atom stereocenters. The molecule has 21 heavy (non-hydrogen) atoms. The van der Waals surface area contributed by atoms with Gasteiger partial charge in [0.05, 0.1) is 0 Å². The molecule has 2 N–H and O–H groups in total. The van der Waals surface area contributed by atoms with Gasteiger partial charge in [-0.3, -0.25) is 4.79 Å². The van der Waals surface area contributed by atoms with Gasteiger partial charge in [0.25, 0.3) is 5.91 Å². The molecule has 0 aliphatic heterocycles. The third-order valence-corrected chi connectivity index (χ3v) is 2.74. The second-order valence-corrected chi connectivity index (χ2v) is 4.33. The number of carbonyl (C=O) groups excluding carboxylic acids is 1. The van der Waals surface area contributed by atoms with Gasteiger partial charge in [0.15, 0.2) is 0 Å². The van der Waals surface area contributed by atoms with Crippen molar-refractivity contribution in [3.8, 4) is 0 Å². The van der Waals surface area contributed by atoms with Gasteiger partial charge >= 0.3 is 5.97 Å². The lowest BCUT2D eigenvalue weighted by Crippen LogP contribution is -2.41. The molecule has 0 spiro atoms. The summed E-state index contributed by atoms with van der Waals surface area (Å²) < 4.78 is 39.6. The number of carboxylic acid groups (broad SMARTS) is 1. The van der Waals surface area contributed by atoms with Crippen LogP contribution in [0.4, 0.5) is 13.2 Å². The van der Waals surface area contributed by atoms with Gasteiger partial charge in [0, 0.05) is 12.1 Å². The fourth-order valence-electron chi connectivity index (χ4n) is 1.71. The first-order valence-corrected chi connectivity index (χ1v) is 6.16. The number of nitrogens with one attached hydrogen (secondary N) is 1. The van der Waals surface area contributed by atoms with Crippen molar-refractivity contribution in [2.75, 3.05) is 0 Å². The van der Waals surface area contributed by atoms with Crippen LogP contribution in [-0.2, 0) is 4.79 Å². The van der Waals surface area contributed by atoms with Crippen LogP contribution in [-0.4, -0.2) is 23.0 Å². The van der Waals surface area contributed by atoms with Crippen LogP contribution in [0.25, 0.3) is 0 Å². The first kappa shape index (κ1) is 16.7. The normalized spacial score (nSPS) is 11.8. The van der Waals surface area contributed by atoms with Gasteiger partial charge in [-0.2, -0.15) is 0 Å². The number of aliphatic carboxylic acids is 1. The van der Waals surface area contributed by atoms with E-state index in [1.807, 2.05) is 5.32 Å². The van der Waals surface area contributed by atoms with Gasteiger partial charge in [0.2, 0.25) is 0 Å². The molecule has 0 aromatic heterocycles. The number of halogens is 3. The first-order chi connectivity index (χ1) is 9.86. The number of rotatable bonds is 7. The van der Waals surface area contributed by atoms with Crippen molar-refractivity contribution in [1.82, 2.24) is 5.32 Å². The lowest BCUT2D eigenvalue weighted by Gasteiger charge is -2.14. The molecular weight excluding hydrogens is 287 g/mol. The maximum atomic E-state index is 13.4. The fraction of sp³-hybridized carbons (Fsp3) is 0.286. The van der Waals surface area contributed by atoms with Crippen molar-refractivity contribution in [1.29, 1.82) is 0 Å². The lowest BCUT2D eigenvalue weighted by molar-refractivity contribution is -0.139. The molecule has 1 rings (SSSR count). The van der Waals surface area contributed by atoms with E-state index in [2.05, 4.69) is 6.58 Å². The van der Waals surface area contributed by atoms with E-state index >= 15 is 0 Å². The number of hydrogen-bond donors (Lipinski definition) is 2. The molecule has 0 radical (unpaired) electrons. The Bertz CT molecular complexity index is 537. The van der Waals surface area contributed by atoms with Crippen molar-refractivity contribution in [3.63, 3.8) is 0 Å². The van der Waals surface area contributed by atoms with E-state index in [0.29, 0.717) is 25.0 Å². The average molecular weight is 301 g/mol. The van der Waals surface area contributed by atoms with Gasteiger partial charge in [-0.05, 0) is 19.3 Å². The summed E-state index contributed by atoms with van der Waals surface area (Å²) in [6, 6.07) is -0.585. The first-order valence-electron chi connectivity index (χ1n) is 6.16. The predicted molar refractivity (Wildman–Crippen MR) is 69.3 cm³/mol. The minimum absolute atomic E-state index is 0.0809. The number of carboxylic acids is 1. The number of allylic oxidation sites excluding steroid dienone is 1. The monoisotopic (exact) mass is 301 g/mol. The van der Waals surface area contributed by atoms with Crippen LogP contribution in [0.2, 0.25) is 0 Å². The molecule has 4 nitrogen and oxygen atoms in total. The van der Waals surface area contributed by atoms with Gasteiger partial charge in [-0.15, -0.1) is 6.58 Å². The van der Waals surface area contributed by atoms with E-state index in [-0.39, 0.29) is 6.42 Å². The zero-order valence-corrected chi connectivity index (χ0v) is 11.0. The Morgan fingerprint density at radius 1 is 1.29 bits per heavy atom. The molecule has 0 fully saturated rings. The smallest absolute Gasteiger partial charge is 0.326 e. The molecule has 0 aliphatic carbocycles. The highest BCUT2D eigenvalue weighted by Gasteiger charge is 2.24. The summed E-state index contributed by atoms with van der Waals surface area (Å²) >= 11 is 0. The third-order valence-electron chi connectivity index (χ3n) is 2.74. The van der Waals surface area contributed by atoms with E-state index < -0.39 is 40.9 Å². The molecule has 1 atom stereocenters. The van der Waals surface area contributed by atoms with Crippen LogP contribution in [0.1, 0.15) is 29.6 Å². The third kappa shape index (κ3) is 4.62. The zero-order chi connectivity index (χ0) is 16.0. The van der Waals surface area contributed by atoms with Gasteiger partial charge in [-0.1, -0.05) is 6.08 Å². The molecular formula is C14H14F3NO3. The Hall–Kier alpha value is -2.31. The highest BCUT2D eigenvalue weighted by molar-refractivity contribution is 5.97. The van der Waals surface area contributed by atoms with Crippen LogP contribution in [0.15, 0.2) is 24.8 Å². The van der Waals surface area contributed by atoms with Crippen molar-refractivity contribution in [3.05, 3.63) is 47.8 Å². The van der Waals surface area contributed by atoms with Crippen LogP contribution in [0.3, 0.4) is 0 Å². The summed E-state index contributed by atoms with van der Waals surface area (Å²) in [5, 5.41) is 11.0. The fourth-order valence-corrected chi connectivity index (χ4v) is 1.71. The highest BCUT2D eigenvalue weighted by Crippen LogP contribution is 2.15. The minimum Gasteiger partial charge on any atom is -0.480 e. The Kier molecular flexibility index (Phi) is 5.95. The summed E-state index contributed by atoms with van der Waals surface area (Å²) in [5.74, 6) is -6.51. The maximum Gasteiger partial charge on any atom is 0.326 e. The van der Waals surface area contributed by atoms with Crippen LogP contribution in [0, 0.1) is 17.5 Å². The summed E-state index contributed by atoms with van der Waals surface area (Å²) in [7, 11) is 0. The van der Waals surface area contributed by atoms with Gasteiger partial charge in [0.1, 0.15) is 29.1 Å². The molecule has 0 heterocycles. The Morgan fingerprint density at radius 2 is 1.86 bits per heavy atom. The molecule has 0 saturated heterocycles. The lowest BCUT2D eigenvalue weighted by atomic mass is 10.1. The summed E-state index contributed by atoms with van der Waals surface area (Å²) in [6.45, 7) is 3.47. The van der Waals surface area contributed by atoms with E-state index in [1.165, 1.54) is 0 Å². The van der Waals surface area contributed by atoms with Gasteiger partial charge in [-0.25, -0.2) is 18.0 Å². The number of benzene rings is 1. The van der Waals surface area contributed by atoms with Gasteiger partial charge < -0.3 is 10.4 Å². The molecule has 0 saturated carbocycles. The second-order valence-electron chi connectivity index (χ2n) is 4.33. The van der Waals surface area contributed by atoms with Crippen molar-refractivity contribution in [2.45, 2.75) is 25.3 Å². The minimum atomic E-state index is -1.39. The topological polar surface area (TPSA) is 66.4 Å². The van der Waals surface area contributed by atoms with Crippen LogP contribution in [0.5, 0.6) is 0 Å². The second kappa shape index (κ2) is 7.47. The van der Waals surface area contributed by atoms with Crippen molar-refractivity contribution in [2.24, 2.45) is 0 Å². The summed E-state index contributed by atoms with van der Waals surface area (Å²) in [4.78, 5) is 22.7. The van der Waals surface area contributed by atoms with Crippen LogP contribution < -0.4 is 5.32 Å². The summed E-state index contributed by atoms with van der Waals surface area (Å²) in [5.41, 5.74) is -1.01. The number of carbonyl (C=O) groups is 2. The Morgan fingerprint density at radius 3 is 2.33 bits per heavy atom. The average Bonchev–Trinajstić information content (AvgIpc) is 2.36. The molecule has 1 amide bonds. The van der Waals surface area contributed by atoms with E-state index in [0.717, 1.165) is 0 Å². The van der Waals surface area contributed by atoms with E-state index in [9.17, 15) is 22.8 Å². The Labute approximate surface area is 119 Å². The SMILES string of the molecule is C=CCCC[C@@H](NC(=O)c1c(F)cc(F)cc1F)C(=O)O. The van der Waals surface area contributed by atoms with Crippen LogP contribution >= 0.6 is 0 Å². The molecule has 0 bridgehead atoms. The summed E-state index contributed by atoms with van der Waals surface area (Å²) in [6.07, 6.45) is 2.64. The number of unbranched alkanes of at least 4 members (excludes halogenated alkanes) is 1. The molecule has 7 heteroatoms. The Balaban J connectivity index is 2.87. The largest absolute Gasteiger partial charge is 0.480 e. The number of hydrogen-bond acceptors (Lipinski definition) is 2. The molecule has 0 aliphatic rings. The molecule has 114 valence electrons. The van der Waals surface area contributed by atoms with Crippen molar-refractivity contribution >= 4 is 11.9 Å². The van der Waals surface area contributed by atoms with Crippen molar-refractivity contribution < 1.29 is 27.9 Å². The highest BCUT2D eigenvalue weighted by atomic mass is 19.1. The maximum absolute atomic E-state index is 13.4.